The van der Waals surface area contributed by atoms with Gasteiger partial charge in [-0.25, -0.2) is 4.98 Å². The van der Waals surface area contributed by atoms with E-state index in [9.17, 15) is 0 Å². The SMILES string of the molecule is CN=C(NCc1ncc(-c2ccccc2)[nH]1)NCC1COc2ccccc2O1. The molecule has 0 spiro atoms. The number of imidazole rings is 1. The van der Waals surface area contributed by atoms with Crippen molar-refractivity contribution in [3.8, 4) is 22.8 Å². The van der Waals surface area contributed by atoms with Gasteiger partial charge in [0.2, 0.25) is 0 Å². The number of nitrogens with zero attached hydrogens (tertiary/aromatic N) is 2. The summed E-state index contributed by atoms with van der Waals surface area (Å²) in [5.74, 6) is 3.08. The lowest BCUT2D eigenvalue weighted by molar-refractivity contribution is 0.0936. The summed E-state index contributed by atoms with van der Waals surface area (Å²) in [6.45, 7) is 1.62. The monoisotopic (exact) mass is 377 g/mol. The molecule has 0 amide bonds. The summed E-state index contributed by atoms with van der Waals surface area (Å²) in [5, 5.41) is 6.53. The first kappa shape index (κ1) is 17.9. The van der Waals surface area contributed by atoms with Crippen LogP contribution in [0.3, 0.4) is 0 Å². The molecule has 7 nitrogen and oxygen atoms in total. The summed E-state index contributed by atoms with van der Waals surface area (Å²) in [6, 6.07) is 17.8. The molecule has 1 atom stereocenters. The smallest absolute Gasteiger partial charge is 0.191 e. The van der Waals surface area contributed by atoms with Crippen LogP contribution in [-0.2, 0) is 6.54 Å². The number of benzene rings is 2. The number of hydrogen-bond acceptors (Lipinski definition) is 4. The average molecular weight is 377 g/mol. The van der Waals surface area contributed by atoms with Crippen LogP contribution in [0.2, 0.25) is 0 Å². The van der Waals surface area contributed by atoms with Crippen molar-refractivity contribution in [2.24, 2.45) is 4.99 Å². The molecule has 0 saturated carbocycles. The molecular weight excluding hydrogens is 354 g/mol. The quantitative estimate of drug-likeness (QED) is 0.470. The van der Waals surface area contributed by atoms with E-state index in [0.29, 0.717) is 25.7 Å². The Labute approximate surface area is 163 Å². The summed E-state index contributed by atoms with van der Waals surface area (Å²) in [6.07, 6.45) is 1.76. The largest absolute Gasteiger partial charge is 0.486 e. The van der Waals surface area contributed by atoms with Crippen molar-refractivity contribution in [3.63, 3.8) is 0 Å². The van der Waals surface area contributed by atoms with Crippen molar-refractivity contribution in [2.75, 3.05) is 20.2 Å². The lowest BCUT2D eigenvalue weighted by Gasteiger charge is -2.27. The molecule has 3 aromatic rings. The predicted octanol–water partition coefficient (Wildman–Crippen LogP) is 2.58. The van der Waals surface area contributed by atoms with Gasteiger partial charge >= 0.3 is 0 Å². The van der Waals surface area contributed by atoms with Crippen LogP contribution in [0.25, 0.3) is 11.3 Å². The van der Waals surface area contributed by atoms with E-state index in [2.05, 4.69) is 37.7 Å². The van der Waals surface area contributed by atoms with E-state index in [1.807, 2.05) is 48.7 Å². The van der Waals surface area contributed by atoms with Crippen molar-refractivity contribution in [2.45, 2.75) is 12.6 Å². The normalized spacial score (nSPS) is 15.9. The van der Waals surface area contributed by atoms with Crippen LogP contribution in [0, 0.1) is 0 Å². The van der Waals surface area contributed by atoms with Gasteiger partial charge < -0.3 is 25.1 Å². The molecule has 3 N–H and O–H groups in total. The van der Waals surface area contributed by atoms with Crippen molar-refractivity contribution >= 4 is 5.96 Å². The third kappa shape index (κ3) is 4.25. The van der Waals surface area contributed by atoms with Gasteiger partial charge in [-0.05, 0) is 17.7 Å². The molecule has 7 heteroatoms. The van der Waals surface area contributed by atoms with E-state index in [1.165, 1.54) is 0 Å². The van der Waals surface area contributed by atoms with E-state index in [-0.39, 0.29) is 6.10 Å². The fraction of sp³-hybridized carbons (Fsp3) is 0.238. The Balaban J connectivity index is 1.27. The number of H-pyrrole nitrogens is 1. The Bertz CT molecular complexity index is 939. The molecule has 0 aliphatic carbocycles. The number of ether oxygens (including phenoxy) is 2. The lowest BCUT2D eigenvalue weighted by Crippen LogP contribution is -2.45. The molecule has 2 heterocycles. The van der Waals surface area contributed by atoms with Crippen molar-refractivity contribution in [3.05, 3.63) is 66.6 Å². The molecule has 1 aliphatic rings. The lowest BCUT2D eigenvalue weighted by atomic mass is 10.2. The highest BCUT2D eigenvalue weighted by Gasteiger charge is 2.20. The van der Waals surface area contributed by atoms with Gasteiger partial charge in [0.25, 0.3) is 0 Å². The second kappa shape index (κ2) is 8.47. The van der Waals surface area contributed by atoms with Gasteiger partial charge in [-0.1, -0.05) is 42.5 Å². The minimum Gasteiger partial charge on any atom is -0.486 e. The van der Waals surface area contributed by atoms with Crippen molar-refractivity contribution < 1.29 is 9.47 Å². The number of guanidine groups is 1. The van der Waals surface area contributed by atoms with Crippen LogP contribution in [0.15, 0.2) is 65.8 Å². The average Bonchev–Trinajstić information content (AvgIpc) is 3.23. The van der Waals surface area contributed by atoms with E-state index in [1.54, 1.807) is 7.05 Å². The number of aromatic amines is 1. The molecule has 1 unspecified atom stereocenters. The molecule has 0 radical (unpaired) electrons. The van der Waals surface area contributed by atoms with Crippen LogP contribution in [0.4, 0.5) is 0 Å². The summed E-state index contributed by atoms with van der Waals surface area (Å²) in [5.41, 5.74) is 2.10. The van der Waals surface area contributed by atoms with Gasteiger partial charge in [-0.15, -0.1) is 0 Å². The zero-order valence-electron chi connectivity index (χ0n) is 15.7. The van der Waals surface area contributed by atoms with Gasteiger partial charge in [-0.3, -0.25) is 4.99 Å². The van der Waals surface area contributed by atoms with Gasteiger partial charge in [0, 0.05) is 7.05 Å². The van der Waals surface area contributed by atoms with Crippen LogP contribution in [0.1, 0.15) is 5.82 Å². The number of nitrogens with one attached hydrogen (secondary N) is 3. The second-order valence-corrected chi connectivity index (χ2v) is 6.41. The van der Waals surface area contributed by atoms with Gasteiger partial charge in [0.15, 0.2) is 17.5 Å². The number of aliphatic imine (C=N–C) groups is 1. The third-order valence-corrected chi connectivity index (χ3v) is 4.42. The standard InChI is InChI=1S/C21H23N5O2/c1-22-21(24-11-16-14-27-18-9-5-6-10-19(18)28-16)25-13-20-23-12-17(26-20)15-7-3-2-4-8-15/h2-10,12,16H,11,13-14H2,1H3,(H,23,26)(H2,22,24,25). The number of hydrogen-bond donors (Lipinski definition) is 3. The molecule has 144 valence electrons. The molecule has 0 bridgehead atoms. The number of aromatic nitrogens is 2. The maximum atomic E-state index is 5.95. The highest BCUT2D eigenvalue weighted by atomic mass is 16.6. The zero-order chi connectivity index (χ0) is 19.2. The van der Waals surface area contributed by atoms with Crippen LogP contribution in [0.5, 0.6) is 11.5 Å². The summed E-state index contributed by atoms with van der Waals surface area (Å²) in [7, 11) is 1.74. The Hall–Kier alpha value is -3.48. The minimum absolute atomic E-state index is 0.0817. The Morgan fingerprint density at radius 1 is 1.11 bits per heavy atom. The Morgan fingerprint density at radius 3 is 2.71 bits per heavy atom. The van der Waals surface area contributed by atoms with Crippen LogP contribution < -0.4 is 20.1 Å². The Kier molecular flexibility index (Phi) is 5.42. The van der Waals surface area contributed by atoms with Gasteiger partial charge in [0.05, 0.1) is 25.0 Å². The summed E-state index contributed by atoms with van der Waals surface area (Å²) < 4.78 is 11.7. The van der Waals surface area contributed by atoms with Crippen LogP contribution >= 0.6 is 0 Å². The molecule has 28 heavy (non-hydrogen) atoms. The fourth-order valence-corrected chi connectivity index (χ4v) is 2.98. The molecule has 1 aromatic heterocycles. The number of rotatable bonds is 5. The topological polar surface area (TPSA) is 83.6 Å². The summed E-state index contributed by atoms with van der Waals surface area (Å²) >= 11 is 0. The Morgan fingerprint density at radius 2 is 1.89 bits per heavy atom. The highest BCUT2D eigenvalue weighted by Crippen LogP contribution is 2.30. The first-order valence-corrected chi connectivity index (χ1v) is 9.24. The van der Waals surface area contributed by atoms with E-state index < -0.39 is 0 Å². The minimum atomic E-state index is -0.0817. The molecule has 2 aromatic carbocycles. The highest BCUT2D eigenvalue weighted by molar-refractivity contribution is 5.79. The van der Waals surface area contributed by atoms with Crippen molar-refractivity contribution in [1.29, 1.82) is 0 Å². The second-order valence-electron chi connectivity index (χ2n) is 6.41. The van der Waals surface area contributed by atoms with Gasteiger partial charge in [-0.2, -0.15) is 0 Å². The number of para-hydroxylation sites is 2. The predicted molar refractivity (Wildman–Crippen MR) is 109 cm³/mol. The zero-order valence-corrected chi connectivity index (χ0v) is 15.7. The van der Waals surface area contributed by atoms with E-state index in [4.69, 9.17) is 9.47 Å². The molecule has 4 rings (SSSR count). The molecule has 1 aliphatic heterocycles. The van der Waals surface area contributed by atoms with Crippen LogP contribution in [-0.4, -0.2) is 42.2 Å². The maximum absolute atomic E-state index is 5.95. The maximum Gasteiger partial charge on any atom is 0.191 e. The number of fused-ring (bicyclic) bond motifs is 1. The molecule has 0 saturated heterocycles. The van der Waals surface area contributed by atoms with Gasteiger partial charge in [0.1, 0.15) is 18.5 Å². The van der Waals surface area contributed by atoms with Crippen molar-refractivity contribution in [1.82, 2.24) is 20.6 Å². The summed E-state index contributed by atoms with van der Waals surface area (Å²) in [4.78, 5) is 12.0. The van der Waals surface area contributed by atoms with E-state index >= 15 is 0 Å². The van der Waals surface area contributed by atoms with E-state index in [0.717, 1.165) is 28.6 Å². The first-order valence-electron chi connectivity index (χ1n) is 9.24. The molecular formula is C21H23N5O2. The fourth-order valence-electron chi connectivity index (χ4n) is 2.98. The first-order chi connectivity index (χ1) is 13.8. The third-order valence-electron chi connectivity index (χ3n) is 4.42. The molecule has 0 fully saturated rings.